The zero-order valence-corrected chi connectivity index (χ0v) is 46.4. The van der Waals surface area contributed by atoms with E-state index in [1.807, 2.05) is 0 Å². The molecule has 0 aromatic carbocycles. The van der Waals surface area contributed by atoms with E-state index in [1.54, 1.807) is 0 Å². The van der Waals surface area contributed by atoms with Crippen molar-refractivity contribution in [3.8, 4) is 0 Å². The fraction of sp³-hybridized carbons (Fsp3) is 0.968. The topological polar surface area (TPSA) is 95.9 Å². The van der Waals surface area contributed by atoms with Crippen LogP contribution in [0.2, 0.25) is 0 Å². The number of aliphatic hydroxyl groups excluding tert-OH is 2. The Labute approximate surface area is 426 Å². The average molecular weight is 963 g/mol. The number of esters is 1. The van der Waals surface area contributed by atoms with Crippen LogP contribution in [-0.4, -0.2) is 47.4 Å². The Morgan fingerprint density at radius 3 is 0.897 bits per heavy atom. The molecular weight excluding hydrogens is 839 g/mol. The number of unbranched alkanes of at least 4 members (excludes halogenated alkanes) is 48. The molecule has 406 valence electrons. The second kappa shape index (κ2) is 58.4. The Morgan fingerprint density at radius 1 is 0.353 bits per heavy atom. The molecule has 0 saturated carbocycles. The van der Waals surface area contributed by atoms with Gasteiger partial charge in [0.15, 0.2) is 0 Å². The molecule has 6 heteroatoms. The van der Waals surface area contributed by atoms with E-state index in [0.717, 1.165) is 38.5 Å². The maximum absolute atomic E-state index is 12.4. The lowest BCUT2D eigenvalue weighted by atomic mass is 10.0. The minimum atomic E-state index is -0.659. The van der Waals surface area contributed by atoms with Crippen molar-refractivity contribution in [2.45, 2.75) is 373 Å². The average Bonchev–Trinajstić information content (AvgIpc) is 3.34. The first-order valence-corrected chi connectivity index (χ1v) is 31.3. The summed E-state index contributed by atoms with van der Waals surface area (Å²) in [7, 11) is 0. The number of hydrogen-bond acceptors (Lipinski definition) is 5. The van der Waals surface area contributed by atoms with Gasteiger partial charge in [0.25, 0.3) is 0 Å². The van der Waals surface area contributed by atoms with Crippen LogP contribution >= 0.6 is 0 Å². The van der Waals surface area contributed by atoms with Crippen LogP contribution in [0.25, 0.3) is 0 Å². The minimum Gasteiger partial charge on any atom is -0.466 e. The van der Waals surface area contributed by atoms with Crippen LogP contribution in [-0.2, 0) is 14.3 Å². The maximum atomic E-state index is 12.4. The van der Waals surface area contributed by atoms with Crippen molar-refractivity contribution in [1.82, 2.24) is 5.32 Å². The van der Waals surface area contributed by atoms with Gasteiger partial charge in [-0.3, -0.25) is 9.59 Å². The third kappa shape index (κ3) is 54.2. The lowest BCUT2D eigenvalue weighted by molar-refractivity contribution is -0.143. The number of ether oxygens (including phenoxy) is 1. The normalized spacial score (nSPS) is 12.5. The third-order valence-corrected chi connectivity index (χ3v) is 14.9. The molecule has 0 saturated heterocycles. The molecule has 3 N–H and O–H groups in total. The zero-order valence-electron chi connectivity index (χ0n) is 46.4. The van der Waals surface area contributed by atoms with Crippen molar-refractivity contribution in [2.24, 2.45) is 0 Å². The van der Waals surface area contributed by atoms with Gasteiger partial charge >= 0.3 is 5.97 Å². The molecule has 1 amide bonds. The van der Waals surface area contributed by atoms with Crippen molar-refractivity contribution >= 4 is 11.9 Å². The summed E-state index contributed by atoms with van der Waals surface area (Å²) in [6.45, 7) is 4.97. The van der Waals surface area contributed by atoms with Crippen LogP contribution in [0.15, 0.2) is 0 Å². The molecule has 2 unspecified atom stereocenters. The summed E-state index contributed by atoms with van der Waals surface area (Å²) in [5, 5.41) is 23.2. The molecule has 0 bridgehead atoms. The smallest absolute Gasteiger partial charge is 0.305 e. The van der Waals surface area contributed by atoms with Crippen molar-refractivity contribution in [3.63, 3.8) is 0 Å². The van der Waals surface area contributed by atoms with Crippen LogP contribution in [0.4, 0.5) is 0 Å². The zero-order chi connectivity index (χ0) is 49.3. The predicted octanol–water partition coefficient (Wildman–Crippen LogP) is 19.5. The first kappa shape index (κ1) is 66.9. The van der Waals surface area contributed by atoms with Crippen LogP contribution in [0.3, 0.4) is 0 Å². The molecule has 0 aliphatic carbocycles. The Kier molecular flexibility index (Phi) is 57.5. The third-order valence-electron chi connectivity index (χ3n) is 14.9. The number of nitrogens with one attached hydrogen (secondary N) is 1. The molecule has 0 radical (unpaired) electrons. The highest BCUT2D eigenvalue weighted by Gasteiger charge is 2.20. The first-order chi connectivity index (χ1) is 33.5. The molecule has 0 aromatic rings. The molecule has 0 fully saturated rings. The lowest BCUT2D eigenvalue weighted by Crippen LogP contribution is -2.45. The van der Waals surface area contributed by atoms with E-state index >= 15 is 0 Å². The Hall–Kier alpha value is -1.14. The number of carbonyl (C=O) groups excluding carboxylic acids is 2. The SMILES string of the molecule is CCCCCCCCCCCCCCCC(=O)OCCCCCCCCCCCCCCCCCCCCCCCCCCCCCC(=O)NC(CO)C(O)CCCCCCCCCCCCC. The highest BCUT2D eigenvalue weighted by molar-refractivity contribution is 5.76. The Morgan fingerprint density at radius 2 is 0.603 bits per heavy atom. The Bertz CT molecular complexity index is 975. The van der Waals surface area contributed by atoms with E-state index in [0.29, 0.717) is 25.9 Å². The van der Waals surface area contributed by atoms with E-state index in [2.05, 4.69) is 19.2 Å². The fourth-order valence-electron chi connectivity index (χ4n) is 10.1. The summed E-state index contributed by atoms with van der Waals surface area (Å²) in [5.41, 5.74) is 0. The van der Waals surface area contributed by atoms with Crippen molar-refractivity contribution < 1.29 is 24.5 Å². The van der Waals surface area contributed by atoms with E-state index in [4.69, 9.17) is 4.74 Å². The molecule has 0 aromatic heterocycles. The number of rotatable bonds is 59. The van der Waals surface area contributed by atoms with Gasteiger partial charge < -0.3 is 20.3 Å². The molecule has 6 nitrogen and oxygen atoms in total. The lowest BCUT2D eigenvalue weighted by Gasteiger charge is -2.22. The highest BCUT2D eigenvalue weighted by atomic mass is 16.5. The molecule has 0 heterocycles. The number of amides is 1. The van der Waals surface area contributed by atoms with Crippen LogP contribution < -0.4 is 5.32 Å². The largest absolute Gasteiger partial charge is 0.466 e. The molecular formula is C62H123NO5. The first-order valence-electron chi connectivity index (χ1n) is 31.3. The van der Waals surface area contributed by atoms with E-state index in [1.165, 1.54) is 289 Å². The van der Waals surface area contributed by atoms with Crippen molar-refractivity contribution in [3.05, 3.63) is 0 Å². The number of aliphatic hydroxyl groups is 2. The molecule has 0 rings (SSSR count). The second-order valence-corrected chi connectivity index (χ2v) is 21.8. The van der Waals surface area contributed by atoms with Gasteiger partial charge in [0, 0.05) is 12.8 Å². The summed E-state index contributed by atoms with van der Waals surface area (Å²) >= 11 is 0. The quantitative estimate of drug-likeness (QED) is 0.0417. The van der Waals surface area contributed by atoms with Gasteiger partial charge in [-0.25, -0.2) is 0 Å². The number of hydrogen-bond donors (Lipinski definition) is 3. The number of carbonyl (C=O) groups is 2. The van der Waals surface area contributed by atoms with Gasteiger partial charge in [-0.05, 0) is 25.7 Å². The van der Waals surface area contributed by atoms with E-state index in [-0.39, 0.29) is 18.5 Å². The molecule has 0 spiro atoms. The molecule has 0 aliphatic heterocycles. The summed E-state index contributed by atoms with van der Waals surface area (Å²) in [6, 6.07) is -0.536. The summed E-state index contributed by atoms with van der Waals surface area (Å²) < 4.78 is 5.48. The second-order valence-electron chi connectivity index (χ2n) is 21.8. The summed E-state index contributed by atoms with van der Waals surface area (Å²) in [4.78, 5) is 24.5. The highest BCUT2D eigenvalue weighted by Crippen LogP contribution is 2.19. The van der Waals surface area contributed by atoms with Crippen LogP contribution in [0.1, 0.15) is 361 Å². The maximum Gasteiger partial charge on any atom is 0.305 e. The standard InChI is InChI=1S/C62H123NO5/c1-3-5-7-9-11-13-15-31-36-40-44-48-52-56-62(67)68-57-53-49-45-41-37-33-30-28-26-24-22-20-18-16-17-19-21-23-25-27-29-32-35-39-43-47-51-55-61(66)63-59(58-64)60(65)54-50-46-42-38-34-14-12-10-8-6-4-2/h59-60,64-65H,3-58H2,1-2H3,(H,63,66). The van der Waals surface area contributed by atoms with Gasteiger partial charge in [0.05, 0.1) is 25.4 Å². The molecule has 2 atom stereocenters. The minimum absolute atomic E-state index is 0.0204. The van der Waals surface area contributed by atoms with Gasteiger partial charge in [0.2, 0.25) is 5.91 Å². The van der Waals surface area contributed by atoms with Crippen molar-refractivity contribution in [2.75, 3.05) is 13.2 Å². The summed E-state index contributed by atoms with van der Waals surface area (Å²) in [5.74, 6) is -0.0108. The van der Waals surface area contributed by atoms with Gasteiger partial charge in [-0.2, -0.15) is 0 Å². The molecule has 68 heavy (non-hydrogen) atoms. The van der Waals surface area contributed by atoms with Gasteiger partial charge in [-0.15, -0.1) is 0 Å². The van der Waals surface area contributed by atoms with Gasteiger partial charge in [0.1, 0.15) is 0 Å². The van der Waals surface area contributed by atoms with Crippen LogP contribution in [0, 0.1) is 0 Å². The fourth-order valence-corrected chi connectivity index (χ4v) is 10.1. The summed E-state index contributed by atoms with van der Waals surface area (Å²) in [6.07, 6.45) is 68.4. The van der Waals surface area contributed by atoms with E-state index < -0.39 is 12.1 Å². The monoisotopic (exact) mass is 962 g/mol. The van der Waals surface area contributed by atoms with Crippen LogP contribution in [0.5, 0.6) is 0 Å². The predicted molar refractivity (Wildman–Crippen MR) is 297 cm³/mol. The van der Waals surface area contributed by atoms with E-state index in [9.17, 15) is 19.8 Å². The van der Waals surface area contributed by atoms with Crippen molar-refractivity contribution in [1.29, 1.82) is 0 Å². The molecule has 0 aliphatic rings. The van der Waals surface area contributed by atoms with Gasteiger partial charge in [-0.1, -0.05) is 322 Å². The Balaban J connectivity index is 3.31.